The molecule has 0 radical (unpaired) electrons. The Labute approximate surface area is 215 Å². The van der Waals surface area contributed by atoms with E-state index in [-0.39, 0.29) is 11.8 Å². The monoisotopic (exact) mass is 519 g/mol. The third-order valence-electron chi connectivity index (χ3n) is 7.10. The van der Waals surface area contributed by atoms with Gasteiger partial charge in [0, 0.05) is 25.3 Å². The number of hydrogen-bond acceptors (Lipinski definition) is 6. The van der Waals surface area contributed by atoms with Gasteiger partial charge in [-0.05, 0) is 68.2 Å². The molecular weight excluding hydrogens is 489 g/mol. The van der Waals surface area contributed by atoms with Gasteiger partial charge in [-0.3, -0.25) is 4.79 Å². The first kappa shape index (κ1) is 24.5. The van der Waals surface area contributed by atoms with Crippen LogP contribution in [0.15, 0.2) is 36.4 Å². The second-order valence-corrected chi connectivity index (χ2v) is 10.3. The molecule has 2 aromatic rings. The number of likely N-dealkylation sites (tertiary alicyclic amines) is 1. The molecule has 35 heavy (non-hydrogen) atoms. The molecule has 9 heteroatoms. The lowest BCUT2D eigenvalue weighted by molar-refractivity contribution is -0.126. The van der Waals surface area contributed by atoms with E-state index in [2.05, 4.69) is 15.1 Å². The summed E-state index contributed by atoms with van der Waals surface area (Å²) in [6.45, 7) is 4.92. The number of nitrogens with zero attached hydrogens (tertiary/aromatic N) is 2. The van der Waals surface area contributed by atoms with Crippen molar-refractivity contribution in [3.63, 3.8) is 0 Å². The largest absolute Gasteiger partial charge is 0.486 e. The van der Waals surface area contributed by atoms with Gasteiger partial charge in [-0.15, -0.1) is 0 Å². The summed E-state index contributed by atoms with van der Waals surface area (Å²) in [4.78, 5) is 17.8. The molecule has 0 aromatic heterocycles. The molecule has 2 saturated heterocycles. The highest BCUT2D eigenvalue weighted by Crippen LogP contribution is 2.34. The van der Waals surface area contributed by atoms with Crippen molar-refractivity contribution in [3.05, 3.63) is 52.0 Å². The number of benzene rings is 2. The van der Waals surface area contributed by atoms with E-state index < -0.39 is 12.1 Å². The van der Waals surface area contributed by atoms with Crippen molar-refractivity contribution in [2.45, 2.75) is 31.4 Å². The van der Waals surface area contributed by atoms with Gasteiger partial charge in [-0.25, -0.2) is 0 Å². The number of fused-ring (bicyclic) bond motifs is 1. The average Bonchev–Trinajstić information content (AvgIpc) is 3.57. The Kier molecular flexibility index (Phi) is 7.58. The summed E-state index contributed by atoms with van der Waals surface area (Å²) in [5.74, 6) is 1.11. The standard InChI is InChI=1S/C26H31Cl2N3O4/c27-20-5-4-19(14-21(20)28)31-10-7-18(15-31)26(33)29-22(16-30-8-1-2-9-30)25(32)17-3-6-23-24(13-17)35-12-11-34-23/h3-6,13-14,18,22,25,32H,1-2,7-12,15-16H2,(H,29,33)/t18?,22-,25-/m1/s1. The molecular formula is C26H31Cl2N3O4. The maximum atomic E-state index is 13.3. The van der Waals surface area contributed by atoms with Gasteiger partial charge in [-0.2, -0.15) is 0 Å². The number of rotatable bonds is 7. The van der Waals surface area contributed by atoms with Crippen molar-refractivity contribution in [1.29, 1.82) is 0 Å². The van der Waals surface area contributed by atoms with Crippen LogP contribution in [-0.2, 0) is 4.79 Å². The van der Waals surface area contributed by atoms with E-state index in [0.29, 0.717) is 53.4 Å². The third kappa shape index (κ3) is 5.64. The van der Waals surface area contributed by atoms with Crippen LogP contribution in [0.25, 0.3) is 0 Å². The Bertz CT molecular complexity index is 1060. The molecule has 0 aliphatic carbocycles. The number of aliphatic hydroxyl groups excluding tert-OH is 1. The van der Waals surface area contributed by atoms with Crippen molar-refractivity contribution < 1.29 is 19.4 Å². The molecule has 3 aliphatic heterocycles. The number of halogens is 2. The molecule has 1 unspecified atom stereocenters. The molecule has 0 spiro atoms. The number of carbonyl (C=O) groups is 1. The van der Waals surface area contributed by atoms with Crippen LogP contribution >= 0.6 is 23.2 Å². The first-order valence-corrected chi connectivity index (χ1v) is 13.0. The smallest absolute Gasteiger partial charge is 0.225 e. The van der Waals surface area contributed by atoms with E-state index in [1.54, 1.807) is 6.07 Å². The second kappa shape index (κ2) is 10.8. The number of amides is 1. The third-order valence-corrected chi connectivity index (χ3v) is 7.84. The summed E-state index contributed by atoms with van der Waals surface area (Å²) in [5.41, 5.74) is 1.67. The normalized spacial score (nSPS) is 21.7. The van der Waals surface area contributed by atoms with Crippen LogP contribution in [0.1, 0.15) is 30.9 Å². The van der Waals surface area contributed by atoms with Crippen molar-refractivity contribution in [2.75, 3.05) is 50.8 Å². The lowest BCUT2D eigenvalue weighted by Gasteiger charge is -2.30. The van der Waals surface area contributed by atoms with E-state index >= 15 is 0 Å². The van der Waals surface area contributed by atoms with Crippen LogP contribution in [0, 0.1) is 5.92 Å². The minimum Gasteiger partial charge on any atom is -0.486 e. The van der Waals surface area contributed by atoms with Crippen LogP contribution in [-0.4, -0.2) is 67.9 Å². The summed E-state index contributed by atoms with van der Waals surface area (Å²) >= 11 is 12.2. The molecule has 3 atom stereocenters. The minimum absolute atomic E-state index is 0.0339. The van der Waals surface area contributed by atoms with Crippen LogP contribution in [0.3, 0.4) is 0 Å². The number of hydrogen-bond donors (Lipinski definition) is 2. The van der Waals surface area contributed by atoms with Gasteiger partial charge in [-0.1, -0.05) is 29.3 Å². The minimum atomic E-state index is -0.858. The fraction of sp³-hybridized carbons (Fsp3) is 0.500. The van der Waals surface area contributed by atoms with Crippen molar-refractivity contribution in [3.8, 4) is 11.5 Å². The fourth-order valence-corrected chi connectivity index (χ4v) is 5.43. The maximum Gasteiger partial charge on any atom is 0.225 e. The lowest BCUT2D eigenvalue weighted by Crippen LogP contribution is -2.48. The molecule has 0 saturated carbocycles. The topological polar surface area (TPSA) is 74.3 Å². The molecule has 188 valence electrons. The number of anilines is 1. The predicted octanol–water partition coefficient (Wildman–Crippen LogP) is 3.91. The molecule has 7 nitrogen and oxygen atoms in total. The Balaban J connectivity index is 1.28. The first-order chi connectivity index (χ1) is 17.0. The molecule has 2 fully saturated rings. The summed E-state index contributed by atoms with van der Waals surface area (Å²) in [5, 5.41) is 15.5. The van der Waals surface area contributed by atoms with Gasteiger partial charge in [0.25, 0.3) is 0 Å². The molecule has 5 rings (SSSR count). The zero-order chi connectivity index (χ0) is 24.4. The SMILES string of the molecule is O=C(N[C@H](CN1CCCC1)[C@H](O)c1ccc2c(c1)OCCO2)C1CCN(c2ccc(Cl)c(Cl)c2)C1. The van der Waals surface area contributed by atoms with E-state index in [1.165, 1.54) is 0 Å². The van der Waals surface area contributed by atoms with Crippen molar-refractivity contribution >= 4 is 34.8 Å². The molecule has 3 aliphatic rings. The Hall–Kier alpha value is -2.19. The fourth-order valence-electron chi connectivity index (χ4n) is 5.14. The second-order valence-electron chi connectivity index (χ2n) is 9.50. The van der Waals surface area contributed by atoms with Gasteiger partial charge >= 0.3 is 0 Å². The van der Waals surface area contributed by atoms with Crippen molar-refractivity contribution in [2.24, 2.45) is 5.92 Å². The van der Waals surface area contributed by atoms with Crippen LogP contribution in [0.4, 0.5) is 5.69 Å². The summed E-state index contributed by atoms with van der Waals surface area (Å²) < 4.78 is 11.3. The summed E-state index contributed by atoms with van der Waals surface area (Å²) in [6, 6.07) is 10.6. The van der Waals surface area contributed by atoms with Gasteiger partial charge in [0.05, 0.1) is 22.0 Å². The Morgan fingerprint density at radius 2 is 1.80 bits per heavy atom. The van der Waals surface area contributed by atoms with Gasteiger partial charge in [0.2, 0.25) is 5.91 Å². The molecule has 1 amide bonds. The number of aliphatic hydroxyl groups is 1. The average molecular weight is 520 g/mol. The quantitative estimate of drug-likeness (QED) is 0.577. The Morgan fingerprint density at radius 1 is 1.03 bits per heavy atom. The summed E-state index contributed by atoms with van der Waals surface area (Å²) in [7, 11) is 0. The van der Waals surface area contributed by atoms with E-state index in [4.69, 9.17) is 32.7 Å². The van der Waals surface area contributed by atoms with Gasteiger partial charge in [0.1, 0.15) is 19.3 Å². The lowest BCUT2D eigenvalue weighted by atomic mass is 9.99. The van der Waals surface area contributed by atoms with Crippen molar-refractivity contribution in [1.82, 2.24) is 10.2 Å². The van der Waals surface area contributed by atoms with Crippen LogP contribution in [0.2, 0.25) is 10.0 Å². The zero-order valence-corrected chi connectivity index (χ0v) is 21.1. The molecule has 3 heterocycles. The predicted molar refractivity (Wildman–Crippen MR) is 137 cm³/mol. The molecule has 2 aromatic carbocycles. The summed E-state index contributed by atoms with van der Waals surface area (Å²) in [6.07, 6.45) is 2.16. The maximum absolute atomic E-state index is 13.3. The van der Waals surface area contributed by atoms with Gasteiger partial charge in [0.15, 0.2) is 11.5 Å². The van der Waals surface area contributed by atoms with Crippen LogP contribution in [0.5, 0.6) is 11.5 Å². The molecule has 2 N–H and O–H groups in total. The highest BCUT2D eigenvalue weighted by molar-refractivity contribution is 6.42. The Morgan fingerprint density at radius 3 is 2.57 bits per heavy atom. The van der Waals surface area contributed by atoms with E-state index in [9.17, 15) is 9.90 Å². The first-order valence-electron chi connectivity index (χ1n) is 12.3. The van der Waals surface area contributed by atoms with Crippen LogP contribution < -0.4 is 19.7 Å². The van der Waals surface area contributed by atoms with E-state index in [1.807, 2.05) is 30.3 Å². The molecule has 0 bridgehead atoms. The highest BCUT2D eigenvalue weighted by Gasteiger charge is 2.33. The number of carbonyl (C=O) groups excluding carboxylic acids is 1. The zero-order valence-electron chi connectivity index (χ0n) is 19.6. The number of nitrogens with one attached hydrogen (secondary N) is 1. The van der Waals surface area contributed by atoms with Gasteiger partial charge < -0.3 is 29.7 Å². The highest BCUT2D eigenvalue weighted by atomic mass is 35.5. The van der Waals surface area contributed by atoms with E-state index in [0.717, 1.165) is 44.6 Å². The number of ether oxygens (including phenoxy) is 2.